The molecule has 0 saturated heterocycles. The fraction of sp³-hybridized carbons (Fsp3) is 0.471. The number of carbonyl (C=O) groups excluding carboxylic acids is 2. The van der Waals surface area contributed by atoms with Crippen molar-refractivity contribution in [2.45, 2.75) is 43.8 Å². The van der Waals surface area contributed by atoms with Gasteiger partial charge in [-0.1, -0.05) is 43.7 Å². The molecule has 0 radical (unpaired) electrons. The lowest BCUT2D eigenvalue weighted by atomic mass is 9.86. The highest BCUT2D eigenvalue weighted by Crippen LogP contribution is 2.23. The van der Waals surface area contributed by atoms with Gasteiger partial charge in [-0.2, -0.15) is 0 Å². The van der Waals surface area contributed by atoms with Crippen molar-refractivity contribution in [1.29, 1.82) is 0 Å². The summed E-state index contributed by atoms with van der Waals surface area (Å²) >= 11 is 1.28. The first-order valence-corrected chi connectivity index (χ1v) is 9.28. The minimum absolute atomic E-state index is 0.146. The van der Waals surface area contributed by atoms with Gasteiger partial charge in [0.25, 0.3) is 0 Å². The normalized spacial score (nSPS) is 20.7. The SMILES string of the molecule is C[C@@H]1CCCC[C@@H]1NC(=O)NC(=O)CSc1nc2ccccc2[nH]1. The number of fused-ring (bicyclic) bond motifs is 1. The van der Waals surface area contributed by atoms with Gasteiger partial charge in [-0.05, 0) is 30.9 Å². The van der Waals surface area contributed by atoms with Gasteiger partial charge in [-0.3, -0.25) is 10.1 Å². The number of aromatic nitrogens is 2. The summed E-state index contributed by atoms with van der Waals surface area (Å²) in [6.07, 6.45) is 4.45. The van der Waals surface area contributed by atoms with Gasteiger partial charge in [0.2, 0.25) is 5.91 Å². The number of amides is 3. The van der Waals surface area contributed by atoms with Gasteiger partial charge in [0.05, 0.1) is 16.8 Å². The number of rotatable bonds is 4. The molecule has 128 valence electrons. The maximum atomic E-state index is 11.9. The molecule has 24 heavy (non-hydrogen) atoms. The van der Waals surface area contributed by atoms with E-state index in [2.05, 4.69) is 27.5 Å². The van der Waals surface area contributed by atoms with Gasteiger partial charge in [0.15, 0.2) is 5.16 Å². The number of para-hydroxylation sites is 2. The molecule has 3 rings (SSSR count). The molecule has 0 spiro atoms. The molecule has 1 aromatic carbocycles. The molecule has 6 nitrogen and oxygen atoms in total. The quantitative estimate of drug-likeness (QED) is 0.743. The molecular weight excluding hydrogens is 324 g/mol. The number of imidazole rings is 1. The number of imide groups is 1. The Bertz CT molecular complexity index is 697. The fourth-order valence-corrected chi connectivity index (χ4v) is 3.71. The molecule has 1 aliphatic rings. The van der Waals surface area contributed by atoms with Crippen LogP contribution in [0.15, 0.2) is 29.4 Å². The van der Waals surface area contributed by atoms with Gasteiger partial charge in [-0.25, -0.2) is 9.78 Å². The Kier molecular flexibility index (Phi) is 5.40. The lowest BCUT2D eigenvalue weighted by molar-refractivity contribution is -0.117. The summed E-state index contributed by atoms with van der Waals surface area (Å²) in [7, 11) is 0. The van der Waals surface area contributed by atoms with Crippen molar-refractivity contribution in [2.75, 3.05) is 5.75 Å². The van der Waals surface area contributed by atoms with Gasteiger partial charge >= 0.3 is 6.03 Å². The van der Waals surface area contributed by atoms with Crippen molar-refractivity contribution >= 4 is 34.7 Å². The van der Waals surface area contributed by atoms with Gasteiger partial charge < -0.3 is 10.3 Å². The zero-order chi connectivity index (χ0) is 16.9. The van der Waals surface area contributed by atoms with Crippen LogP contribution in [0.4, 0.5) is 4.79 Å². The number of nitrogens with zero attached hydrogens (tertiary/aromatic N) is 1. The molecule has 1 fully saturated rings. The molecule has 7 heteroatoms. The Morgan fingerprint density at radius 2 is 2.08 bits per heavy atom. The van der Waals surface area contributed by atoms with E-state index in [4.69, 9.17) is 0 Å². The lowest BCUT2D eigenvalue weighted by Gasteiger charge is -2.29. The minimum Gasteiger partial charge on any atom is -0.335 e. The predicted octanol–water partition coefficient (Wildman–Crippen LogP) is 3.06. The van der Waals surface area contributed by atoms with Crippen LogP contribution in [-0.2, 0) is 4.79 Å². The Morgan fingerprint density at radius 1 is 1.29 bits per heavy atom. The Balaban J connectivity index is 1.45. The average Bonchev–Trinajstić information content (AvgIpc) is 2.98. The summed E-state index contributed by atoms with van der Waals surface area (Å²) in [5, 5.41) is 5.99. The van der Waals surface area contributed by atoms with Crippen molar-refractivity contribution in [3.05, 3.63) is 24.3 Å². The summed E-state index contributed by atoms with van der Waals surface area (Å²) in [5.74, 6) is 0.291. The van der Waals surface area contributed by atoms with E-state index in [1.54, 1.807) is 0 Å². The van der Waals surface area contributed by atoms with E-state index in [0.717, 1.165) is 30.3 Å². The van der Waals surface area contributed by atoms with Crippen LogP contribution in [0.25, 0.3) is 11.0 Å². The van der Waals surface area contributed by atoms with Gasteiger partial charge in [0, 0.05) is 6.04 Å². The highest BCUT2D eigenvalue weighted by Gasteiger charge is 2.23. The number of thioether (sulfide) groups is 1. The highest BCUT2D eigenvalue weighted by atomic mass is 32.2. The number of benzene rings is 1. The second-order valence-corrected chi connectivity index (χ2v) is 7.20. The Labute approximate surface area is 145 Å². The molecule has 1 saturated carbocycles. The third-order valence-corrected chi connectivity index (χ3v) is 5.26. The Morgan fingerprint density at radius 3 is 2.88 bits per heavy atom. The van der Waals surface area contributed by atoms with Crippen LogP contribution in [-0.4, -0.2) is 33.7 Å². The Hall–Kier alpha value is -2.02. The number of carbonyl (C=O) groups is 2. The first kappa shape index (κ1) is 16.8. The first-order chi connectivity index (χ1) is 11.6. The van der Waals surface area contributed by atoms with E-state index in [0.29, 0.717) is 11.1 Å². The lowest BCUT2D eigenvalue weighted by Crippen LogP contribution is -2.48. The standard InChI is InChI=1S/C17H22N4O2S/c1-11-6-2-3-7-12(11)18-16(23)21-15(22)10-24-17-19-13-8-4-5-9-14(13)20-17/h4-5,8-9,11-12H,2-3,6-7,10H2,1H3,(H,19,20)(H2,18,21,22,23)/t11-,12+/m1/s1. The number of hydrogen-bond acceptors (Lipinski definition) is 4. The van der Waals surface area contributed by atoms with E-state index in [1.807, 2.05) is 24.3 Å². The smallest absolute Gasteiger partial charge is 0.321 e. The van der Waals surface area contributed by atoms with Crippen LogP contribution in [0.3, 0.4) is 0 Å². The third kappa shape index (κ3) is 4.29. The summed E-state index contributed by atoms with van der Waals surface area (Å²) in [6, 6.07) is 7.46. The van der Waals surface area contributed by atoms with Crippen molar-refractivity contribution < 1.29 is 9.59 Å². The molecule has 1 heterocycles. The second-order valence-electron chi connectivity index (χ2n) is 6.24. The van der Waals surface area contributed by atoms with Crippen LogP contribution in [0.5, 0.6) is 0 Å². The predicted molar refractivity (Wildman–Crippen MR) is 94.9 cm³/mol. The minimum atomic E-state index is -0.399. The molecule has 2 atom stereocenters. The zero-order valence-corrected chi connectivity index (χ0v) is 14.5. The van der Waals surface area contributed by atoms with Crippen molar-refractivity contribution in [1.82, 2.24) is 20.6 Å². The van der Waals surface area contributed by atoms with E-state index in [9.17, 15) is 9.59 Å². The van der Waals surface area contributed by atoms with Crippen LogP contribution in [0.1, 0.15) is 32.6 Å². The molecule has 1 aromatic heterocycles. The molecular formula is C17H22N4O2S. The first-order valence-electron chi connectivity index (χ1n) is 8.30. The van der Waals surface area contributed by atoms with E-state index in [1.165, 1.54) is 18.2 Å². The van der Waals surface area contributed by atoms with Crippen LogP contribution in [0, 0.1) is 5.92 Å². The fourth-order valence-electron chi connectivity index (χ4n) is 3.03. The van der Waals surface area contributed by atoms with E-state index in [-0.39, 0.29) is 17.7 Å². The highest BCUT2D eigenvalue weighted by molar-refractivity contribution is 7.99. The third-order valence-electron chi connectivity index (χ3n) is 4.39. The molecule has 3 amide bonds. The van der Waals surface area contributed by atoms with Crippen molar-refractivity contribution in [2.24, 2.45) is 5.92 Å². The van der Waals surface area contributed by atoms with Crippen LogP contribution < -0.4 is 10.6 Å². The second kappa shape index (κ2) is 7.70. The van der Waals surface area contributed by atoms with Crippen LogP contribution >= 0.6 is 11.8 Å². The number of urea groups is 1. The molecule has 0 aliphatic heterocycles. The average molecular weight is 346 g/mol. The number of hydrogen-bond donors (Lipinski definition) is 3. The molecule has 1 aliphatic carbocycles. The van der Waals surface area contributed by atoms with Crippen LogP contribution in [0.2, 0.25) is 0 Å². The van der Waals surface area contributed by atoms with Gasteiger partial charge in [0.1, 0.15) is 0 Å². The van der Waals surface area contributed by atoms with Crippen molar-refractivity contribution in [3.8, 4) is 0 Å². The maximum Gasteiger partial charge on any atom is 0.321 e. The number of H-pyrrole nitrogens is 1. The summed E-state index contributed by atoms with van der Waals surface area (Å²) in [6.45, 7) is 2.14. The molecule has 3 N–H and O–H groups in total. The maximum absolute atomic E-state index is 11.9. The molecule has 0 unspecified atom stereocenters. The van der Waals surface area contributed by atoms with E-state index >= 15 is 0 Å². The number of nitrogens with one attached hydrogen (secondary N) is 3. The summed E-state index contributed by atoms with van der Waals surface area (Å²) < 4.78 is 0. The topological polar surface area (TPSA) is 86.9 Å². The monoisotopic (exact) mass is 346 g/mol. The largest absolute Gasteiger partial charge is 0.335 e. The zero-order valence-electron chi connectivity index (χ0n) is 13.7. The molecule has 0 bridgehead atoms. The number of aromatic amines is 1. The summed E-state index contributed by atoms with van der Waals surface area (Å²) in [4.78, 5) is 31.4. The van der Waals surface area contributed by atoms with Crippen molar-refractivity contribution in [3.63, 3.8) is 0 Å². The van der Waals surface area contributed by atoms with E-state index < -0.39 is 6.03 Å². The summed E-state index contributed by atoms with van der Waals surface area (Å²) in [5.41, 5.74) is 1.80. The van der Waals surface area contributed by atoms with Gasteiger partial charge in [-0.15, -0.1) is 0 Å². The molecule has 2 aromatic rings.